The summed E-state index contributed by atoms with van der Waals surface area (Å²) in [6.07, 6.45) is 0. The molecule has 0 aromatic carbocycles. The Labute approximate surface area is 131 Å². The Morgan fingerprint density at radius 3 is 0.810 bits per heavy atom. The van der Waals surface area contributed by atoms with Crippen molar-refractivity contribution in [3.63, 3.8) is 0 Å². The van der Waals surface area contributed by atoms with Crippen molar-refractivity contribution in [2.45, 2.75) is 41.5 Å². The third-order valence-corrected chi connectivity index (χ3v) is 4.58. The number of halogens is 1. The van der Waals surface area contributed by atoms with Gasteiger partial charge in [-0.05, 0) is 41.5 Å². The molecule has 0 aliphatic heterocycles. The molecular formula is C14H36FN2O3P. The third kappa shape index (κ3) is 20.0. The summed E-state index contributed by atoms with van der Waals surface area (Å²) in [6, 6.07) is 0. The lowest BCUT2D eigenvalue weighted by atomic mass is 10.4. The van der Waals surface area contributed by atoms with Crippen LogP contribution < -0.4 is 9.79 Å². The quantitative estimate of drug-likeness (QED) is 0.551. The van der Waals surface area contributed by atoms with Crippen LogP contribution in [-0.2, 0) is 4.57 Å². The second-order valence-corrected chi connectivity index (χ2v) is 6.43. The van der Waals surface area contributed by atoms with Gasteiger partial charge < -0.3 is 23.3 Å². The molecule has 0 rings (SSSR count). The molecule has 0 atom stereocenters. The van der Waals surface area contributed by atoms with Crippen LogP contribution in [0.25, 0.3) is 0 Å². The number of hydrogen-bond acceptors (Lipinski definition) is 3. The van der Waals surface area contributed by atoms with Gasteiger partial charge in [0.05, 0.1) is 53.4 Å². The molecule has 0 radical (unpaired) electrons. The molecule has 0 aromatic rings. The van der Waals surface area contributed by atoms with Gasteiger partial charge in [-0.2, -0.15) is 0 Å². The zero-order chi connectivity index (χ0) is 17.7. The van der Waals surface area contributed by atoms with Crippen molar-refractivity contribution in [1.29, 1.82) is 0 Å². The van der Waals surface area contributed by atoms with E-state index in [1.807, 2.05) is 0 Å². The molecule has 0 unspecified atom stereocenters. The second kappa shape index (κ2) is 12.5. The Kier molecular flexibility index (Phi) is 15.5. The zero-order valence-corrected chi connectivity index (χ0v) is 16.1. The Hall–Kier alpha value is -0.0000000000000000555. The summed E-state index contributed by atoms with van der Waals surface area (Å²) in [5, 5.41) is 0. The molecular weight excluding hydrogens is 294 g/mol. The molecule has 5 nitrogen and oxygen atoms in total. The van der Waals surface area contributed by atoms with Gasteiger partial charge in [0.15, 0.2) is 0 Å². The molecule has 132 valence electrons. The fourth-order valence-corrected chi connectivity index (χ4v) is 1.34. The molecule has 0 N–H and O–H groups in total. The minimum atomic E-state index is -5.64. The average molecular weight is 330 g/mol. The smallest absolute Gasteiger partial charge is 0.110 e. The molecule has 7 heteroatoms. The first-order valence-electron chi connectivity index (χ1n) is 7.75. The van der Waals surface area contributed by atoms with Crippen LogP contribution in [-0.4, -0.2) is 62.3 Å². The van der Waals surface area contributed by atoms with E-state index in [-0.39, 0.29) is 0 Å². The second-order valence-electron chi connectivity index (χ2n) is 5.57. The van der Waals surface area contributed by atoms with E-state index in [0.717, 1.165) is 0 Å². The van der Waals surface area contributed by atoms with Gasteiger partial charge in [-0.25, -0.2) is 4.20 Å². The van der Waals surface area contributed by atoms with Crippen LogP contribution in [0, 0.1) is 0 Å². The third-order valence-electron chi connectivity index (χ3n) is 4.58. The van der Waals surface area contributed by atoms with E-state index in [0.29, 0.717) is 0 Å². The van der Waals surface area contributed by atoms with Crippen LogP contribution in [0.1, 0.15) is 41.5 Å². The standard InChI is InChI=1S/2C7H18N.FH2O3P/c2*1-5-8(4,6-2)7-3;1-5(2,3)4/h2*5-7H2,1-4H3;(H2,2,3,4)/q2*+1;/p-2. The van der Waals surface area contributed by atoms with E-state index in [9.17, 15) is 4.20 Å². The molecule has 0 aromatic heterocycles. The number of hydrogen-bond donors (Lipinski definition) is 0. The molecule has 0 spiro atoms. The van der Waals surface area contributed by atoms with Crippen molar-refractivity contribution in [3.05, 3.63) is 0 Å². The summed E-state index contributed by atoms with van der Waals surface area (Å²) in [5.74, 6) is 0. The van der Waals surface area contributed by atoms with E-state index >= 15 is 0 Å². The number of quaternary nitrogens is 2. The normalized spacial score (nSPS) is 12.0. The maximum absolute atomic E-state index is 10.1. The van der Waals surface area contributed by atoms with Gasteiger partial charge >= 0.3 is 0 Å². The largest absolute Gasteiger partial charge is 0.786 e. The summed E-state index contributed by atoms with van der Waals surface area (Å²) in [6.45, 7) is 21.0. The fourth-order valence-electron chi connectivity index (χ4n) is 1.34. The Morgan fingerprint density at radius 2 is 0.810 bits per heavy atom. The van der Waals surface area contributed by atoms with Gasteiger partial charge in [0.2, 0.25) is 0 Å². The summed E-state index contributed by atoms with van der Waals surface area (Å²) in [7, 11) is -1.06. The van der Waals surface area contributed by atoms with E-state index in [2.05, 4.69) is 55.6 Å². The zero-order valence-electron chi connectivity index (χ0n) is 15.2. The minimum absolute atomic E-state index is 1.21. The van der Waals surface area contributed by atoms with Gasteiger partial charge in [0.1, 0.15) is 7.91 Å². The van der Waals surface area contributed by atoms with Crippen molar-refractivity contribution in [2.75, 3.05) is 53.4 Å². The maximum Gasteiger partial charge on any atom is 0.110 e. The minimum Gasteiger partial charge on any atom is -0.786 e. The summed E-state index contributed by atoms with van der Waals surface area (Å²) >= 11 is 0. The number of nitrogens with zero attached hydrogens (tertiary/aromatic N) is 2. The van der Waals surface area contributed by atoms with Crippen LogP contribution in [0.2, 0.25) is 0 Å². The van der Waals surface area contributed by atoms with Crippen molar-refractivity contribution in [2.24, 2.45) is 0 Å². The highest BCUT2D eigenvalue weighted by atomic mass is 31.2. The summed E-state index contributed by atoms with van der Waals surface area (Å²) < 4.78 is 21.0. The Bertz CT molecular complexity index is 235. The van der Waals surface area contributed by atoms with E-state index < -0.39 is 7.91 Å². The molecule has 0 saturated carbocycles. The highest BCUT2D eigenvalue weighted by molar-refractivity contribution is 7.42. The predicted octanol–water partition coefficient (Wildman–Crippen LogP) is 1.77. The molecule has 0 heterocycles. The van der Waals surface area contributed by atoms with E-state index in [1.165, 1.54) is 48.2 Å². The van der Waals surface area contributed by atoms with Crippen molar-refractivity contribution < 1.29 is 27.5 Å². The first kappa shape index (κ1) is 25.9. The first-order chi connectivity index (χ1) is 9.36. The average Bonchev–Trinajstić information content (AvgIpc) is 2.44. The topological polar surface area (TPSA) is 63.2 Å². The van der Waals surface area contributed by atoms with E-state index in [4.69, 9.17) is 14.4 Å². The molecule has 21 heavy (non-hydrogen) atoms. The van der Waals surface area contributed by atoms with Gasteiger partial charge in [-0.1, -0.05) is 0 Å². The van der Waals surface area contributed by atoms with Crippen molar-refractivity contribution >= 4 is 7.91 Å². The van der Waals surface area contributed by atoms with Gasteiger partial charge in [-0.3, -0.25) is 0 Å². The highest BCUT2D eigenvalue weighted by Gasteiger charge is 2.11. The van der Waals surface area contributed by atoms with Crippen LogP contribution in [0.15, 0.2) is 0 Å². The molecule has 0 amide bonds. The lowest BCUT2D eigenvalue weighted by Crippen LogP contribution is -2.42. The van der Waals surface area contributed by atoms with Crippen LogP contribution >= 0.6 is 7.91 Å². The van der Waals surface area contributed by atoms with Gasteiger partial charge in [0, 0.05) is 0 Å². The molecule has 0 fully saturated rings. The Balaban J connectivity index is -0.000000239. The maximum atomic E-state index is 10.1. The SMILES string of the molecule is CC[N+](C)(CC)CC.CC[N+](C)(CC)CC.O=P([O-])([O-])F. The predicted molar refractivity (Wildman–Crippen MR) is 84.3 cm³/mol. The van der Waals surface area contributed by atoms with Crippen molar-refractivity contribution in [3.8, 4) is 0 Å². The molecule has 0 aliphatic rings. The lowest BCUT2D eigenvalue weighted by Gasteiger charge is -2.30. The van der Waals surface area contributed by atoms with Crippen molar-refractivity contribution in [1.82, 2.24) is 0 Å². The van der Waals surface area contributed by atoms with Crippen LogP contribution in [0.4, 0.5) is 4.20 Å². The number of rotatable bonds is 6. The van der Waals surface area contributed by atoms with Crippen LogP contribution in [0.3, 0.4) is 0 Å². The lowest BCUT2D eigenvalue weighted by molar-refractivity contribution is -0.904. The monoisotopic (exact) mass is 330 g/mol. The fraction of sp³-hybridized carbons (Fsp3) is 1.00. The first-order valence-corrected chi connectivity index (χ1v) is 9.18. The summed E-state index contributed by atoms with van der Waals surface area (Å²) in [5.41, 5.74) is 0. The summed E-state index contributed by atoms with van der Waals surface area (Å²) in [4.78, 5) is 16.9. The van der Waals surface area contributed by atoms with Crippen LogP contribution in [0.5, 0.6) is 0 Å². The molecule has 0 bridgehead atoms. The van der Waals surface area contributed by atoms with Gasteiger partial charge in [-0.15, -0.1) is 0 Å². The van der Waals surface area contributed by atoms with E-state index in [1.54, 1.807) is 0 Å². The Morgan fingerprint density at radius 1 is 0.714 bits per heavy atom. The highest BCUT2D eigenvalue weighted by Crippen LogP contribution is 2.22. The molecule has 0 aliphatic carbocycles. The molecule has 0 saturated heterocycles. The van der Waals surface area contributed by atoms with Gasteiger partial charge in [0.25, 0.3) is 0 Å².